The predicted molar refractivity (Wildman–Crippen MR) is 154 cm³/mol. The fourth-order valence-corrected chi connectivity index (χ4v) is 5.60. The topological polar surface area (TPSA) is 85.2 Å². The van der Waals surface area contributed by atoms with Gasteiger partial charge in [-0.3, -0.25) is 4.79 Å². The second kappa shape index (κ2) is 19.1. The Labute approximate surface area is 235 Å². The van der Waals surface area contributed by atoms with Crippen LogP contribution in [0, 0.1) is 11.8 Å². The van der Waals surface area contributed by atoms with Crippen LogP contribution in [0.1, 0.15) is 95.5 Å². The highest BCUT2D eigenvalue weighted by Crippen LogP contribution is 2.39. The molecule has 2 saturated heterocycles. The van der Waals surface area contributed by atoms with E-state index in [9.17, 15) is 4.79 Å². The number of carboxylic acids is 1. The molecule has 4 rings (SSSR count). The van der Waals surface area contributed by atoms with E-state index in [1.807, 2.05) is 0 Å². The van der Waals surface area contributed by atoms with Gasteiger partial charge in [0.25, 0.3) is 0 Å². The lowest BCUT2D eigenvalue weighted by Crippen LogP contribution is -2.30. The average Bonchev–Trinajstić information content (AvgIpc) is 3.33. The van der Waals surface area contributed by atoms with Crippen molar-refractivity contribution >= 4 is 5.97 Å². The van der Waals surface area contributed by atoms with E-state index in [0.29, 0.717) is 18.3 Å². The number of aliphatic hydroxyl groups excluding tert-OH is 1. The van der Waals surface area contributed by atoms with Crippen molar-refractivity contribution in [1.29, 1.82) is 0 Å². The molecule has 0 amide bonds. The summed E-state index contributed by atoms with van der Waals surface area (Å²) in [7, 11) is 0. The molecule has 39 heavy (non-hydrogen) atoms. The van der Waals surface area contributed by atoms with Gasteiger partial charge in [-0.15, -0.1) is 0 Å². The normalized spacial score (nSPS) is 27.5. The summed E-state index contributed by atoms with van der Waals surface area (Å²) in [6, 6.07) is 10.7. The minimum absolute atomic E-state index is 0.0342. The molecule has 1 saturated carbocycles. The molecule has 1 aliphatic carbocycles. The summed E-state index contributed by atoms with van der Waals surface area (Å²) in [5.41, 5.74) is 1.41. The van der Waals surface area contributed by atoms with E-state index >= 15 is 0 Å². The fourth-order valence-electron chi connectivity index (χ4n) is 5.60. The van der Waals surface area contributed by atoms with Crippen LogP contribution in [0.15, 0.2) is 54.6 Å². The van der Waals surface area contributed by atoms with E-state index in [1.54, 1.807) is 0 Å². The molecule has 0 bridgehead atoms. The summed E-state index contributed by atoms with van der Waals surface area (Å²) in [6.07, 6.45) is 23.8. The Balaban J connectivity index is 0.000000520. The van der Waals surface area contributed by atoms with Crippen molar-refractivity contribution in [3.05, 3.63) is 60.2 Å². The second-order valence-corrected chi connectivity index (χ2v) is 11.0. The molecule has 5 atom stereocenters. The second-order valence-electron chi connectivity index (χ2n) is 11.0. The molecular formula is C33H50O6. The van der Waals surface area contributed by atoms with Crippen molar-refractivity contribution in [2.75, 3.05) is 13.2 Å². The first-order chi connectivity index (χ1) is 19.1. The number of hydrogen-bond acceptors (Lipinski definition) is 5. The monoisotopic (exact) mass is 542 g/mol. The maximum absolute atomic E-state index is 10.7. The van der Waals surface area contributed by atoms with Gasteiger partial charge in [-0.05, 0) is 101 Å². The number of hydrogen-bond donors (Lipinski definition) is 2. The van der Waals surface area contributed by atoms with E-state index in [-0.39, 0.29) is 18.8 Å². The van der Waals surface area contributed by atoms with Crippen LogP contribution in [-0.4, -0.2) is 48.1 Å². The molecule has 0 aromatic heterocycles. The lowest BCUT2D eigenvalue weighted by atomic mass is 9.90. The summed E-state index contributed by atoms with van der Waals surface area (Å²) < 4.78 is 17.1. The lowest BCUT2D eigenvalue weighted by molar-refractivity contribution is -0.192. The summed E-state index contributed by atoms with van der Waals surface area (Å²) in [4.78, 5) is 10.7. The van der Waals surface area contributed by atoms with E-state index < -0.39 is 12.3 Å². The number of aliphatic carboxylic acids is 1. The Morgan fingerprint density at radius 1 is 0.897 bits per heavy atom. The number of benzene rings is 1. The van der Waals surface area contributed by atoms with Gasteiger partial charge < -0.3 is 24.4 Å². The first-order valence-corrected chi connectivity index (χ1v) is 15.3. The van der Waals surface area contributed by atoms with Crippen LogP contribution in [0.5, 0.6) is 0 Å². The van der Waals surface area contributed by atoms with Gasteiger partial charge >= 0.3 is 5.97 Å². The highest BCUT2D eigenvalue weighted by Gasteiger charge is 2.36. The Bertz CT molecular complexity index is 826. The number of carboxylic acid groups (broad SMARTS) is 1. The molecular weight excluding hydrogens is 492 g/mol. The van der Waals surface area contributed by atoms with Crippen LogP contribution in [-0.2, 0) is 25.4 Å². The average molecular weight is 543 g/mol. The van der Waals surface area contributed by atoms with Crippen LogP contribution >= 0.6 is 0 Å². The van der Waals surface area contributed by atoms with Gasteiger partial charge in [0, 0.05) is 25.6 Å². The van der Waals surface area contributed by atoms with Crippen molar-refractivity contribution in [3.63, 3.8) is 0 Å². The van der Waals surface area contributed by atoms with Gasteiger partial charge in [0.2, 0.25) is 0 Å². The zero-order valence-corrected chi connectivity index (χ0v) is 23.6. The molecule has 2 unspecified atom stereocenters. The minimum Gasteiger partial charge on any atom is -0.481 e. The molecule has 3 aliphatic rings. The highest BCUT2D eigenvalue weighted by atomic mass is 16.7. The predicted octanol–water partition coefficient (Wildman–Crippen LogP) is 7.21. The molecule has 6 nitrogen and oxygen atoms in total. The zero-order valence-electron chi connectivity index (χ0n) is 23.6. The van der Waals surface area contributed by atoms with E-state index in [2.05, 4.69) is 54.6 Å². The zero-order chi connectivity index (χ0) is 27.5. The van der Waals surface area contributed by atoms with Gasteiger partial charge in [0.15, 0.2) is 12.6 Å². The number of rotatable bonds is 13. The van der Waals surface area contributed by atoms with Gasteiger partial charge in [-0.2, -0.15) is 0 Å². The summed E-state index contributed by atoms with van der Waals surface area (Å²) >= 11 is 0. The summed E-state index contributed by atoms with van der Waals surface area (Å²) in [5, 5.41) is 17.5. The lowest BCUT2D eigenvalue weighted by Gasteiger charge is -2.29. The first-order valence-electron chi connectivity index (χ1n) is 15.3. The third kappa shape index (κ3) is 13.3. The third-order valence-corrected chi connectivity index (χ3v) is 7.82. The molecule has 2 aliphatic heterocycles. The number of carbonyl (C=O) groups is 1. The molecule has 0 spiro atoms. The number of allylic oxidation sites excluding steroid dienone is 3. The van der Waals surface area contributed by atoms with Crippen LogP contribution < -0.4 is 0 Å². The number of aliphatic hydroxyl groups is 1. The van der Waals surface area contributed by atoms with E-state index in [4.69, 9.17) is 24.4 Å². The number of unbranched alkanes of at least 4 members (excludes halogenated alkanes) is 2. The van der Waals surface area contributed by atoms with Crippen molar-refractivity contribution in [2.24, 2.45) is 11.8 Å². The van der Waals surface area contributed by atoms with E-state index in [0.717, 1.165) is 77.4 Å². The largest absolute Gasteiger partial charge is 0.481 e. The minimum atomic E-state index is -0.711. The molecule has 1 aromatic rings. The van der Waals surface area contributed by atoms with Gasteiger partial charge in [-0.1, -0.05) is 54.6 Å². The Kier molecular flexibility index (Phi) is 15.5. The standard InChI is InChI=1S/C28H40O4.C5H10O2/c29-27(30)18-10-2-1-8-16-24-20-21-26(32-28-19-11-12-22-31-28)25(24)17-9-4-7-15-23-13-5-3-6-14-23;6-5-3-1-2-4-7-5/h1,3,5-6,8-9,13-14,17,24-26,28H,2,4,7,10-12,15-16,18-22H2,(H,29,30);5-6H,1-4H2/b8-1-,17-9+;/t24-,25+,26+,28?;/m0./s1. The molecule has 2 N–H and O–H groups in total. The molecule has 3 fully saturated rings. The fraction of sp³-hybridized carbons (Fsp3) is 0.667. The smallest absolute Gasteiger partial charge is 0.303 e. The quantitative estimate of drug-likeness (QED) is 0.202. The van der Waals surface area contributed by atoms with Gasteiger partial charge in [0.05, 0.1) is 6.10 Å². The van der Waals surface area contributed by atoms with Crippen molar-refractivity contribution < 1.29 is 29.2 Å². The Morgan fingerprint density at radius 2 is 1.67 bits per heavy atom. The summed E-state index contributed by atoms with van der Waals surface area (Å²) in [5.74, 6) is 0.308. The molecule has 1 aromatic carbocycles. The van der Waals surface area contributed by atoms with Crippen molar-refractivity contribution in [3.8, 4) is 0 Å². The van der Waals surface area contributed by atoms with E-state index in [1.165, 1.54) is 24.8 Å². The first kappa shape index (κ1) is 31.5. The van der Waals surface area contributed by atoms with Crippen molar-refractivity contribution in [1.82, 2.24) is 0 Å². The Hall–Kier alpha value is -1.99. The summed E-state index contributed by atoms with van der Waals surface area (Å²) in [6.45, 7) is 1.56. The number of ether oxygens (including phenoxy) is 3. The number of aryl methyl sites for hydroxylation is 1. The molecule has 0 radical (unpaired) electrons. The van der Waals surface area contributed by atoms with Crippen LogP contribution in [0.3, 0.4) is 0 Å². The van der Waals surface area contributed by atoms with Crippen LogP contribution in [0.2, 0.25) is 0 Å². The SMILES string of the molecule is O=C(O)CCC/C=C\C[C@H]1CC[C@@H](OC2CCCCO2)[C@@H]1/C=C/CCCc1ccccc1.OC1CCCCO1. The molecule has 2 heterocycles. The van der Waals surface area contributed by atoms with Gasteiger partial charge in [-0.25, -0.2) is 0 Å². The maximum Gasteiger partial charge on any atom is 0.303 e. The maximum atomic E-state index is 10.7. The van der Waals surface area contributed by atoms with Crippen LogP contribution in [0.4, 0.5) is 0 Å². The molecule has 218 valence electrons. The molecule has 6 heteroatoms. The van der Waals surface area contributed by atoms with Gasteiger partial charge in [0.1, 0.15) is 0 Å². The highest BCUT2D eigenvalue weighted by molar-refractivity contribution is 5.66. The third-order valence-electron chi connectivity index (χ3n) is 7.82. The van der Waals surface area contributed by atoms with Crippen molar-refractivity contribution in [2.45, 2.75) is 115 Å². The van der Waals surface area contributed by atoms with Crippen LogP contribution in [0.25, 0.3) is 0 Å². The Morgan fingerprint density at radius 3 is 2.33 bits per heavy atom.